The van der Waals surface area contributed by atoms with Crippen molar-refractivity contribution >= 4 is 40.3 Å². The highest BCUT2D eigenvalue weighted by molar-refractivity contribution is 6.39. The molecular formula is C19H16ClFN2O5. The first-order valence-corrected chi connectivity index (χ1v) is 8.59. The van der Waals surface area contributed by atoms with Gasteiger partial charge in [0.15, 0.2) is 5.75 Å². The first-order chi connectivity index (χ1) is 13.4. The molecular weight excluding hydrogens is 391 g/mol. The molecule has 1 heterocycles. The summed E-state index contributed by atoms with van der Waals surface area (Å²) in [4.78, 5) is 23.7. The Kier molecular flexibility index (Phi) is 5.41. The molecule has 7 nitrogen and oxygen atoms in total. The van der Waals surface area contributed by atoms with Crippen LogP contribution in [0.4, 0.5) is 14.9 Å². The third-order valence-corrected chi connectivity index (χ3v) is 4.31. The molecule has 0 aliphatic rings. The summed E-state index contributed by atoms with van der Waals surface area (Å²) in [7, 11) is 1.43. The third-order valence-electron chi connectivity index (χ3n) is 3.95. The largest absolute Gasteiger partial charge is 0.493 e. The van der Waals surface area contributed by atoms with E-state index in [0.717, 1.165) is 0 Å². The van der Waals surface area contributed by atoms with E-state index in [1.54, 1.807) is 6.07 Å². The molecule has 3 N–H and O–H groups in total. The molecule has 0 aliphatic heterocycles. The highest BCUT2D eigenvalue weighted by Gasteiger charge is 2.29. The topological polar surface area (TPSA) is 104 Å². The molecule has 0 bridgehead atoms. The van der Waals surface area contributed by atoms with E-state index in [9.17, 15) is 14.0 Å². The monoisotopic (exact) mass is 406 g/mol. The van der Waals surface area contributed by atoms with Crippen LogP contribution in [0.15, 0.2) is 34.7 Å². The Morgan fingerprint density at radius 3 is 2.54 bits per heavy atom. The van der Waals surface area contributed by atoms with Crippen molar-refractivity contribution in [2.45, 2.75) is 6.92 Å². The van der Waals surface area contributed by atoms with E-state index < -0.39 is 17.9 Å². The highest BCUT2D eigenvalue weighted by Crippen LogP contribution is 2.45. The third kappa shape index (κ3) is 3.46. The van der Waals surface area contributed by atoms with Crippen molar-refractivity contribution in [3.63, 3.8) is 0 Å². The van der Waals surface area contributed by atoms with E-state index in [-0.39, 0.29) is 33.1 Å². The summed E-state index contributed by atoms with van der Waals surface area (Å²) in [5, 5.41) is 3.36. The zero-order chi connectivity index (χ0) is 20.4. The van der Waals surface area contributed by atoms with E-state index in [0.29, 0.717) is 17.8 Å². The maximum absolute atomic E-state index is 13.3. The first kappa shape index (κ1) is 19.5. The van der Waals surface area contributed by atoms with Crippen LogP contribution in [0.25, 0.3) is 22.3 Å². The van der Waals surface area contributed by atoms with E-state index in [2.05, 4.69) is 10.1 Å². The molecule has 0 radical (unpaired) electrons. The van der Waals surface area contributed by atoms with E-state index in [4.69, 9.17) is 26.5 Å². The molecule has 28 heavy (non-hydrogen) atoms. The zero-order valence-corrected chi connectivity index (χ0v) is 15.7. The lowest BCUT2D eigenvalue weighted by Gasteiger charge is -2.12. The van der Waals surface area contributed by atoms with Crippen molar-refractivity contribution in [3.05, 3.63) is 46.7 Å². The van der Waals surface area contributed by atoms with Crippen LogP contribution >= 0.6 is 11.6 Å². The maximum atomic E-state index is 13.3. The maximum Gasteiger partial charge on any atom is 0.412 e. The number of nitrogens with one attached hydrogen (secondary N) is 1. The fraction of sp³-hybridized carbons (Fsp3) is 0.158. The van der Waals surface area contributed by atoms with Crippen molar-refractivity contribution in [2.24, 2.45) is 5.73 Å². The molecule has 0 saturated heterocycles. The number of methoxy groups -OCH3 is 1. The molecule has 0 fully saturated rings. The van der Waals surface area contributed by atoms with Crippen molar-refractivity contribution in [1.29, 1.82) is 0 Å². The number of carbonyl (C=O) groups excluding carboxylic acids is 2. The Morgan fingerprint density at radius 1 is 1.29 bits per heavy atom. The number of furan rings is 1. The normalized spacial score (nSPS) is 10.7. The number of primary amides is 1. The number of hydrogen-bond donors (Lipinski definition) is 2. The zero-order valence-electron chi connectivity index (χ0n) is 15.0. The molecule has 3 rings (SSSR count). The van der Waals surface area contributed by atoms with Crippen LogP contribution in [0.1, 0.15) is 17.3 Å². The quantitative estimate of drug-likeness (QED) is 0.475. The highest BCUT2D eigenvalue weighted by atomic mass is 35.5. The molecule has 1 aromatic heterocycles. The molecule has 0 unspecified atom stereocenters. The SMILES string of the molecule is CCNc1cc2oc(-c3ccc(F)cc3)c(C(=O)OC(N)=O)c2c(Cl)c1OC. The van der Waals surface area contributed by atoms with Crippen molar-refractivity contribution in [3.8, 4) is 17.1 Å². The Hall–Kier alpha value is -3.26. The number of nitrogens with two attached hydrogens (primary N) is 1. The predicted molar refractivity (Wildman–Crippen MR) is 102 cm³/mol. The summed E-state index contributed by atoms with van der Waals surface area (Å²) in [6.45, 7) is 2.47. The van der Waals surface area contributed by atoms with Gasteiger partial charge in [0.05, 0.1) is 23.2 Å². The number of benzene rings is 2. The van der Waals surface area contributed by atoms with Crippen LogP contribution in [0, 0.1) is 5.82 Å². The average molecular weight is 407 g/mol. The molecule has 0 saturated carbocycles. The van der Waals surface area contributed by atoms with Crippen LogP contribution in [-0.4, -0.2) is 25.7 Å². The summed E-state index contributed by atoms with van der Waals surface area (Å²) in [5.41, 5.74) is 6.04. The van der Waals surface area contributed by atoms with Gasteiger partial charge in [-0.1, -0.05) is 11.6 Å². The van der Waals surface area contributed by atoms with Gasteiger partial charge in [-0.05, 0) is 31.2 Å². The van der Waals surface area contributed by atoms with Gasteiger partial charge in [-0.15, -0.1) is 0 Å². The summed E-state index contributed by atoms with van der Waals surface area (Å²) in [6.07, 6.45) is -1.28. The van der Waals surface area contributed by atoms with Gasteiger partial charge in [0.25, 0.3) is 0 Å². The Balaban J connectivity index is 2.35. The van der Waals surface area contributed by atoms with Crippen LogP contribution in [0.3, 0.4) is 0 Å². The van der Waals surface area contributed by atoms with Crippen molar-refractivity contribution in [1.82, 2.24) is 0 Å². The molecule has 9 heteroatoms. The fourth-order valence-corrected chi connectivity index (χ4v) is 3.23. The first-order valence-electron chi connectivity index (χ1n) is 8.21. The van der Waals surface area contributed by atoms with Gasteiger partial charge in [0, 0.05) is 18.2 Å². The number of halogens is 2. The second-order valence-corrected chi connectivity index (χ2v) is 6.07. The second kappa shape index (κ2) is 7.77. The Labute approximate surface area is 164 Å². The summed E-state index contributed by atoms with van der Waals surface area (Å²) in [6, 6.07) is 6.86. The van der Waals surface area contributed by atoms with Crippen molar-refractivity contribution in [2.75, 3.05) is 19.0 Å². The van der Waals surface area contributed by atoms with Crippen LogP contribution < -0.4 is 15.8 Å². The lowest BCUT2D eigenvalue weighted by Crippen LogP contribution is -2.18. The molecule has 1 amide bonds. The number of ether oxygens (including phenoxy) is 2. The smallest absolute Gasteiger partial charge is 0.412 e. The van der Waals surface area contributed by atoms with Crippen LogP contribution in [-0.2, 0) is 4.74 Å². The molecule has 146 valence electrons. The lowest BCUT2D eigenvalue weighted by atomic mass is 10.0. The minimum Gasteiger partial charge on any atom is -0.493 e. The minimum absolute atomic E-state index is 0.0545. The average Bonchev–Trinajstić information content (AvgIpc) is 3.02. The van der Waals surface area contributed by atoms with Crippen LogP contribution in [0.2, 0.25) is 5.02 Å². The number of hydrogen-bond acceptors (Lipinski definition) is 6. The number of anilines is 1. The Bertz CT molecular complexity index is 1060. The molecule has 0 atom stereocenters. The molecule has 0 spiro atoms. The van der Waals surface area contributed by atoms with Crippen LogP contribution in [0.5, 0.6) is 5.75 Å². The van der Waals surface area contributed by atoms with E-state index in [1.807, 2.05) is 6.92 Å². The summed E-state index contributed by atoms with van der Waals surface area (Å²) in [5.74, 6) is -1.17. The number of esters is 1. The lowest BCUT2D eigenvalue weighted by molar-refractivity contribution is 0.0640. The predicted octanol–water partition coefficient (Wildman–Crippen LogP) is 4.57. The fourth-order valence-electron chi connectivity index (χ4n) is 2.86. The van der Waals surface area contributed by atoms with Gasteiger partial charge in [-0.2, -0.15) is 0 Å². The molecule has 0 aliphatic carbocycles. The standard InChI is InChI=1S/C19H16ClFN2O5/c1-3-23-11-8-12-13(15(20)17(11)26-2)14(18(24)28-19(22)25)16(27-12)9-4-6-10(21)7-5-9/h4-8,23H,3H2,1-2H3,(H2,22,25). The molecule has 3 aromatic rings. The number of carbonyl (C=O) groups is 2. The van der Waals surface area contributed by atoms with Gasteiger partial charge in [0.2, 0.25) is 0 Å². The minimum atomic E-state index is -1.28. The van der Waals surface area contributed by atoms with Gasteiger partial charge in [-0.3, -0.25) is 0 Å². The number of rotatable bonds is 5. The van der Waals surface area contributed by atoms with Gasteiger partial charge in [0.1, 0.15) is 22.7 Å². The second-order valence-electron chi connectivity index (χ2n) is 5.70. The molecule has 2 aromatic carbocycles. The van der Waals surface area contributed by atoms with Gasteiger partial charge >= 0.3 is 12.1 Å². The summed E-state index contributed by atoms with van der Waals surface area (Å²) >= 11 is 6.49. The Morgan fingerprint density at radius 2 is 1.96 bits per heavy atom. The van der Waals surface area contributed by atoms with Gasteiger partial charge < -0.3 is 24.9 Å². The van der Waals surface area contributed by atoms with Gasteiger partial charge in [-0.25, -0.2) is 14.0 Å². The summed E-state index contributed by atoms with van der Waals surface area (Å²) < 4.78 is 29.0. The van der Waals surface area contributed by atoms with Crippen molar-refractivity contribution < 1.29 is 27.9 Å². The number of amides is 1. The van der Waals surface area contributed by atoms with E-state index in [1.165, 1.54) is 31.4 Å². The van der Waals surface area contributed by atoms with E-state index >= 15 is 0 Å². The number of fused-ring (bicyclic) bond motifs is 1.